The van der Waals surface area contributed by atoms with Crippen molar-refractivity contribution in [2.24, 2.45) is 11.3 Å². The fourth-order valence-electron chi connectivity index (χ4n) is 3.54. The summed E-state index contributed by atoms with van der Waals surface area (Å²) in [7, 11) is 0. The molecule has 2 aliphatic heterocycles. The molecule has 0 saturated carbocycles. The third-order valence-corrected chi connectivity index (χ3v) is 5.01. The van der Waals surface area contributed by atoms with Crippen molar-refractivity contribution < 1.29 is 14.3 Å². The van der Waals surface area contributed by atoms with Gasteiger partial charge in [-0.25, -0.2) is 4.98 Å². The van der Waals surface area contributed by atoms with E-state index in [9.17, 15) is 4.79 Å². The van der Waals surface area contributed by atoms with Gasteiger partial charge in [0.15, 0.2) is 0 Å². The Labute approximate surface area is 150 Å². The summed E-state index contributed by atoms with van der Waals surface area (Å²) in [5.41, 5.74) is 0.776. The molecule has 26 heavy (non-hydrogen) atoms. The molecule has 2 saturated heterocycles. The monoisotopic (exact) mass is 351 g/mol. The topological polar surface area (TPSA) is 101 Å². The van der Waals surface area contributed by atoms with E-state index in [1.807, 2.05) is 11.0 Å². The molecule has 2 aliphatic rings. The van der Waals surface area contributed by atoms with Crippen molar-refractivity contribution in [3.05, 3.63) is 47.9 Å². The maximum Gasteiger partial charge on any atom is 0.255 e. The lowest BCUT2D eigenvalue weighted by atomic mass is 9.82. The van der Waals surface area contributed by atoms with Gasteiger partial charge < -0.3 is 14.4 Å². The zero-order chi connectivity index (χ0) is 18.0. The van der Waals surface area contributed by atoms with E-state index in [4.69, 9.17) is 14.7 Å². The lowest BCUT2D eigenvalue weighted by molar-refractivity contribution is 0.0655. The van der Waals surface area contributed by atoms with Crippen molar-refractivity contribution in [3.8, 4) is 11.9 Å². The van der Waals surface area contributed by atoms with Crippen molar-refractivity contribution in [2.45, 2.75) is 0 Å². The Morgan fingerprint density at radius 2 is 2.31 bits per heavy atom. The highest BCUT2D eigenvalue weighted by Crippen LogP contribution is 2.42. The van der Waals surface area contributed by atoms with Crippen LogP contribution in [0.25, 0.3) is 0 Å². The Morgan fingerprint density at radius 3 is 3.04 bits per heavy atom. The molecule has 0 aliphatic carbocycles. The molecule has 8 nitrogen and oxygen atoms in total. The number of carbonyl (C=O) groups is 1. The lowest BCUT2D eigenvalue weighted by Crippen LogP contribution is -2.38. The number of amides is 1. The number of hydrogen-bond donors (Lipinski definition) is 0. The standard InChI is InChI=1S/C18H17N5O3/c19-5-13-1-2-16(20-6-13)26-12-18-10-23(8-15(18)9-25-11-18)17(24)14-3-4-21-22-7-14/h1-4,6-7,15H,8-12H2/t15-,18+/m0/s1. The highest BCUT2D eigenvalue weighted by atomic mass is 16.5. The highest BCUT2D eigenvalue weighted by molar-refractivity contribution is 5.94. The largest absolute Gasteiger partial charge is 0.477 e. The highest BCUT2D eigenvalue weighted by Gasteiger charge is 2.52. The molecular formula is C18H17N5O3. The smallest absolute Gasteiger partial charge is 0.255 e. The minimum absolute atomic E-state index is 0.0508. The van der Waals surface area contributed by atoms with Gasteiger partial charge in [0.05, 0.1) is 48.8 Å². The SMILES string of the molecule is N#Cc1ccc(OC[C@@]23COC[C@@H]2CN(C(=O)c2ccnnc2)C3)nc1. The summed E-state index contributed by atoms with van der Waals surface area (Å²) in [4.78, 5) is 18.7. The van der Waals surface area contributed by atoms with Gasteiger partial charge in [0.2, 0.25) is 5.88 Å². The number of fused-ring (bicyclic) bond motifs is 1. The fraction of sp³-hybridized carbons (Fsp3) is 0.389. The van der Waals surface area contributed by atoms with E-state index in [1.165, 1.54) is 18.6 Å². The van der Waals surface area contributed by atoms with Crippen LogP contribution in [-0.4, -0.2) is 58.9 Å². The first-order valence-electron chi connectivity index (χ1n) is 8.33. The third kappa shape index (κ3) is 2.97. The van der Waals surface area contributed by atoms with Gasteiger partial charge in [-0.15, -0.1) is 0 Å². The van der Waals surface area contributed by atoms with Gasteiger partial charge in [0.1, 0.15) is 6.07 Å². The molecule has 2 aromatic heterocycles. The molecule has 4 heterocycles. The average molecular weight is 351 g/mol. The molecule has 0 spiro atoms. The van der Waals surface area contributed by atoms with Gasteiger partial charge >= 0.3 is 0 Å². The number of pyridine rings is 1. The molecule has 2 aromatic rings. The summed E-state index contributed by atoms with van der Waals surface area (Å²) in [5.74, 6) is 0.636. The average Bonchev–Trinajstić information content (AvgIpc) is 3.24. The summed E-state index contributed by atoms with van der Waals surface area (Å²) in [6, 6.07) is 7.05. The Balaban J connectivity index is 1.46. The Bertz CT molecular complexity index is 836. The van der Waals surface area contributed by atoms with Crippen molar-refractivity contribution in [1.82, 2.24) is 20.1 Å². The fourth-order valence-corrected chi connectivity index (χ4v) is 3.54. The number of aromatic nitrogens is 3. The zero-order valence-electron chi connectivity index (χ0n) is 14.0. The van der Waals surface area contributed by atoms with E-state index < -0.39 is 0 Å². The van der Waals surface area contributed by atoms with Crippen molar-refractivity contribution >= 4 is 5.91 Å². The van der Waals surface area contributed by atoms with Gasteiger partial charge in [-0.05, 0) is 12.1 Å². The molecule has 0 bridgehead atoms. The van der Waals surface area contributed by atoms with Crippen LogP contribution in [0.15, 0.2) is 36.8 Å². The number of nitrogens with zero attached hydrogens (tertiary/aromatic N) is 5. The Kier molecular flexibility index (Phi) is 4.22. The van der Waals surface area contributed by atoms with Crippen molar-refractivity contribution in [1.29, 1.82) is 5.26 Å². The third-order valence-electron chi connectivity index (χ3n) is 5.01. The minimum Gasteiger partial charge on any atom is -0.477 e. The molecule has 132 valence electrons. The molecule has 0 radical (unpaired) electrons. The van der Waals surface area contributed by atoms with Gasteiger partial charge in [-0.2, -0.15) is 15.5 Å². The number of carbonyl (C=O) groups excluding carboxylic acids is 1. The van der Waals surface area contributed by atoms with Gasteiger partial charge in [0.25, 0.3) is 5.91 Å². The summed E-state index contributed by atoms with van der Waals surface area (Å²) < 4.78 is 11.5. The van der Waals surface area contributed by atoms with E-state index in [2.05, 4.69) is 15.2 Å². The first-order valence-corrected chi connectivity index (χ1v) is 8.33. The molecule has 2 fully saturated rings. The second-order valence-electron chi connectivity index (χ2n) is 6.68. The number of nitriles is 1. The molecular weight excluding hydrogens is 334 g/mol. The molecule has 0 unspecified atom stereocenters. The van der Waals surface area contributed by atoms with E-state index in [0.717, 1.165) is 0 Å². The van der Waals surface area contributed by atoms with Crippen molar-refractivity contribution in [3.63, 3.8) is 0 Å². The van der Waals surface area contributed by atoms with Gasteiger partial charge in [0, 0.05) is 31.3 Å². The first-order chi connectivity index (χ1) is 12.7. The molecule has 0 aromatic carbocycles. The second-order valence-corrected chi connectivity index (χ2v) is 6.68. The number of likely N-dealkylation sites (tertiary alicyclic amines) is 1. The van der Waals surface area contributed by atoms with E-state index in [1.54, 1.807) is 18.2 Å². The van der Waals surface area contributed by atoms with Crippen LogP contribution in [0.4, 0.5) is 0 Å². The lowest BCUT2D eigenvalue weighted by Gasteiger charge is -2.26. The van der Waals surface area contributed by atoms with E-state index >= 15 is 0 Å². The Hall–Kier alpha value is -3.05. The van der Waals surface area contributed by atoms with Crippen molar-refractivity contribution in [2.75, 3.05) is 32.9 Å². The van der Waals surface area contributed by atoms with Crippen LogP contribution in [0.3, 0.4) is 0 Å². The van der Waals surface area contributed by atoms with Crippen LogP contribution >= 0.6 is 0 Å². The second kappa shape index (κ2) is 6.69. The van der Waals surface area contributed by atoms with Gasteiger partial charge in [-0.3, -0.25) is 4.79 Å². The number of rotatable bonds is 4. The Morgan fingerprint density at radius 1 is 1.38 bits per heavy atom. The van der Waals surface area contributed by atoms with Crippen LogP contribution in [0.2, 0.25) is 0 Å². The van der Waals surface area contributed by atoms with E-state index in [0.29, 0.717) is 49.9 Å². The first kappa shape index (κ1) is 16.4. The quantitative estimate of drug-likeness (QED) is 0.807. The van der Waals surface area contributed by atoms with Crippen LogP contribution in [0, 0.1) is 22.7 Å². The summed E-state index contributed by atoms with van der Waals surface area (Å²) in [5, 5.41) is 16.3. The molecule has 2 atom stereocenters. The summed E-state index contributed by atoms with van der Waals surface area (Å²) in [6.07, 6.45) is 4.48. The normalized spacial score (nSPS) is 24.1. The number of ether oxygens (including phenoxy) is 2. The summed E-state index contributed by atoms with van der Waals surface area (Å²) >= 11 is 0. The molecule has 8 heteroatoms. The van der Waals surface area contributed by atoms with E-state index in [-0.39, 0.29) is 17.2 Å². The molecule has 1 amide bonds. The predicted octanol–water partition coefficient (Wildman–Crippen LogP) is 0.911. The predicted molar refractivity (Wildman–Crippen MR) is 89.1 cm³/mol. The molecule has 0 N–H and O–H groups in total. The van der Waals surface area contributed by atoms with Crippen LogP contribution < -0.4 is 4.74 Å². The molecule has 4 rings (SSSR count). The number of hydrogen-bond acceptors (Lipinski definition) is 7. The minimum atomic E-state index is -0.244. The van der Waals surface area contributed by atoms with Gasteiger partial charge in [-0.1, -0.05) is 0 Å². The van der Waals surface area contributed by atoms with Crippen LogP contribution in [0.5, 0.6) is 5.88 Å². The zero-order valence-corrected chi connectivity index (χ0v) is 14.0. The summed E-state index contributed by atoms with van der Waals surface area (Å²) in [6.45, 7) is 2.77. The van der Waals surface area contributed by atoms with Crippen LogP contribution in [0.1, 0.15) is 15.9 Å². The maximum absolute atomic E-state index is 12.7. The van der Waals surface area contributed by atoms with Crippen LogP contribution in [-0.2, 0) is 4.74 Å². The maximum atomic E-state index is 12.7.